The first-order valence-electron chi connectivity index (χ1n) is 4.59. The molecule has 0 fully saturated rings. The molecule has 0 saturated carbocycles. The summed E-state index contributed by atoms with van der Waals surface area (Å²) in [6.45, 7) is 1.31. The Balaban J connectivity index is 2.67. The zero-order valence-electron chi connectivity index (χ0n) is 8.71. The third-order valence-electron chi connectivity index (χ3n) is 1.77. The molecule has 0 aromatic heterocycles. The molecule has 82 valence electrons. The molecule has 0 spiro atoms. The second-order valence-electron chi connectivity index (χ2n) is 3.13. The first kappa shape index (κ1) is 11.8. The minimum Gasteiger partial charge on any atom is -0.427 e. The lowest BCUT2D eigenvalue weighted by molar-refractivity contribution is -0.131. The number of ketones is 1. The maximum absolute atomic E-state index is 11.1. The zero-order valence-corrected chi connectivity index (χ0v) is 8.71. The molecule has 0 bridgehead atoms. The number of esters is 1. The smallest absolute Gasteiger partial charge is 0.323 e. The van der Waals surface area contributed by atoms with Crippen LogP contribution in [0, 0.1) is 0 Å². The largest absolute Gasteiger partial charge is 0.427 e. The highest BCUT2D eigenvalue weighted by Gasteiger charge is 2.05. The third kappa shape index (κ3) is 3.86. The van der Waals surface area contributed by atoms with Crippen LogP contribution in [0.4, 0.5) is 0 Å². The SMILES string of the molecule is CC(=O)Oc1ccc(CC(=O)C=[N+]=[N-])cc1. The van der Waals surface area contributed by atoms with Crippen LogP contribution >= 0.6 is 0 Å². The van der Waals surface area contributed by atoms with Crippen molar-refractivity contribution in [1.29, 1.82) is 0 Å². The number of benzene rings is 1. The monoisotopic (exact) mass is 218 g/mol. The van der Waals surface area contributed by atoms with Gasteiger partial charge in [-0.05, 0) is 17.7 Å². The average Bonchev–Trinajstić information content (AvgIpc) is 2.20. The topological polar surface area (TPSA) is 79.8 Å². The van der Waals surface area contributed by atoms with Crippen molar-refractivity contribution in [2.24, 2.45) is 0 Å². The summed E-state index contributed by atoms with van der Waals surface area (Å²) in [6, 6.07) is 6.53. The molecular formula is C11H10N2O3. The van der Waals surface area contributed by atoms with Gasteiger partial charge in [0.15, 0.2) is 0 Å². The lowest BCUT2D eigenvalue weighted by Gasteiger charge is -2.01. The Kier molecular flexibility index (Phi) is 4.12. The molecule has 0 aliphatic heterocycles. The third-order valence-corrected chi connectivity index (χ3v) is 1.77. The van der Waals surface area contributed by atoms with Gasteiger partial charge in [-0.1, -0.05) is 12.1 Å². The summed E-state index contributed by atoms with van der Waals surface area (Å²) in [5.74, 6) is -0.265. The number of ether oxygens (including phenoxy) is 1. The molecule has 5 nitrogen and oxygen atoms in total. The van der Waals surface area contributed by atoms with Crippen LogP contribution in [0.3, 0.4) is 0 Å². The fourth-order valence-corrected chi connectivity index (χ4v) is 1.15. The number of Topliss-reactive ketones (excluding diaryl/α,β-unsaturated/α-hetero) is 1. The fourth-order valence-electron chi connectivity index (χ4n) is 1.15. The van der Waals surface area contributed by atoms with Crippen molar-refractivity contribution in [3.05, 3.63) is 35.4 Å². The van der Waals surface area contributed by atoms with Crippen LogP contribution in [0.25, 0.3) is 5.53 Å². The van der Waals surface area contributed by atoms with Gasteiger partial charge in [0.05, 0.1) is 0 Å². The zero-order chi connectivity index (χ0) is 12.0. The van der Waals surface area contributed by atoms with Crippen molar-refractivity contribution in [3.8, 4) is 5.75 Å². The normalized spacial score (nSPS) is 9.06. The Morgan fingerprint density at radius 3 is 2.50 bits per heavy atom. The van der Waals surface area contributed by atoms with E-state index in [2.05, 4.69) is 4.79 Å². The van der Waals surface area contributed by atoms with E-state index < -0.39 is 5.97 Å². The molecule has 0 saturated heterocycles. The molecule has 1 aromatic rings. The van der Waals surface area contributed by atoms with Gasteiger partial charge in [0.2, 0.25) is 5.78 Å². The van der Waals surface area contributed by atoms with Crippen molar-refractivity contribution < 1.29 is 19.1 Å². The highest BCUT2D eigenvalue weighted by atomic mass is 16.5. The molecular weight excluding hydrogens is 208 g/mol. The van der Waals surface area contributed by atoms with Crippen molar-refractivity contribution in [2.75, 3.05) is 0 Å². The van der Waals surface area contributed by atoms with Crippen LogP contribution in [0.5, 0.6) is 5.75 Å². The van der Waals surface area contributed by atoms with Crippen LogP contribution in [0.15, 0.2) is 24.3 Å². The van der Waals surface area contributed by atoms with Gasteiger partial charge in [-0.2, -0.15) is 4.79 Å². The van der Waals surface area contributed by atoms with Crippen molar-refractivity contribution in [2.45, 2.75) is 13.3 Å². The second-order valence-corrected chi connectivity index (χ2v) is 3.13. The van der Waals surface area contributed by atoms with E-state index in [0.29, 0.717) is 5.75 Å². The van der Waals surface area contributed by atoms with Crippen molar-refractivity contribution in [3.63, 3.8) is 0 Å². The summed E-state index contributed by atoms with van der Waals surface area (Å²) >= 11 is 0. The standard InChI is InChI=1S/C11H10N2O3/c1-8(14)16-11-4-2-9(3-5-11)6-10(15)7-13-12/h2-5,7H,6H2,1H3. The quantitative estimate of drug-likeness (QED) is 0.249. The van der Waals surface area contributed by atoms with E-state index in [-0.39, 0.29) is 12.2 Å². The lowest BCUT2D eigenvalue weighted by Crippen LogP contribution is -2.05. The Morgan fingerprint density at radius 2 is 2.00 bits per heavy atom. The Morgan fingerprint density at radius 1 is 1.38 bits per heavy atom. The minimum absolute atomic E-state index is 0.143. The number of hydrogen-bond acceptors (Lipinski definition) is 3. The first-order valence-corrected chi connectivity index (χ1v) is 4.59. The maximum Gasteiger partial charge on any atom is 0.323 e. The molecule has 0 heterocycles. The van der Waals surface area contributed by atoms with Gasteiger partial charge in [-0.25, -0.2) is 0 Å². The molecule has 0 N–H and O–H groups in total. The van der Waals surface area contributed by atoms with Crippen LogP contribution in [0.2, 0.25) is 0 Å². The van der Waals surface area contributed by atoms with Gasteiger partial charge >= 0.3 is 12.2 Å². The molecule has 1 rings (SSSR count). The van der Waals surface area contributed by atoms with Gasteiger partial charge in [0, 0.05) is 13.3 Å². The summed E-state index contributed by atoms with van der Waals surface area (Å²) in [5.41, 5.74) is 8.90. The summed E-state index contributed by atoms with van der Waals surface area (Å²) in [4.78, 5) is 24.4. The van der Waals surface area contributed by atoms with E-state index in [1.165, 1.54) is 6.92 Å². The van der Waals surface area contributed by atoms with E-state index in [0.717, 1.165) is 11.8 Å². The van der Waals surface area contributed by atoms with Crippen LogP contribution in [0.1, 0.15) is 12.5 Å². The van der Waals surface area contributed by atoms with Gasteiger partial charge in [-0.15, -0.1) is 0 Å². The van der Waals surface area contributed by atoms with Gasteiger partial charge in [-0.3, -0.25) is 9.59 Å². The molecule has 1 aromatic carbocycles. The van der Waals surface area contributed by atoms with Gasteiger partial charge in [0.1, 0.15) is 5.75 Å². The van der Waals surface area contributed by atoms with Crippen molar-refractivity contribution >= 4 is 18.0 Å². The van der Waals surface area contributed by atoms with Gasteiger partial charge < -0.3 is 10.3 Å². The second kappa shape index (κ2) is 5.58. The summed E-state index contributed by atoms with van der Waals surface area (Å²) < 4.78 is 4.83. The Hall–Kier alpha value is -2.26. The number of carbonyl (C=O) groups is 2. The Labute approximate surface area is 92.3 Å². The summed E-state index contributed by atoms with van der Waals surface area (Å²) in [6.07, 6.45) is 0.990. The molecule has 16 heavy (non-hydrogen) atoms. The lowest BCUT2D eigenvalue weighted by atomic mass is 10.1. The number of hydrogen-bond donors (Lipinski definition) is 0. The summed E-state index contributed by atoms with van der Waals surface area (Å²) in [7, 11) is 0. The minimum atomic E-state index is -0.392. The molecule has 0 atom stereocenters. The molecule has 0 radical (unpaired) electrons. The molecule has 0 aliphatic carbocycles. The Bertz CT molecular complexity index is 445. The fraction of sp³-hybridized carbons (Fsp3) is 0.182. The van der Waals surface area contributed by atoms with Crippen LogP contribution < -0.4 is 4.74 Å². The van der Waals surface area contributed by atoms with Crippen LogP contribution in [-0.2, 0) is 16.0 Å². The first-order chi connectivity index (χ1) is 7.61. The maximum atomic E-state index is 11.1. The molecule has 0 unspecified atom stereocenters. The highest BCUT2D eigenvalue weighted by molar-refractivity contribution is 6.25. The molecule has 0 amide bonds. The van der Waals surface area contributed by atoms with E-state index in [1.807, 2.05) is 0 Å². The van der Waals surface area contributed by atoms with E-state index in [9.17, 15) is 9.59 Å². The predicted molar refractivity (Wildman–Crippen MR) is 56.1 cm³/mol. The number of nitrogens with zero attached hydrogens (tertiary/aromatic N) is 2. The van der Waals surface area contributed by atoms with E-state index in [1.54, 1.807) is 24.3 Å². The van der Waals surface area contributed by atoms with Crippen LogP contribution in [-0.4, -0.2) is 22.8 Å². The summed E-state index contributed by atoms with van der Waals surface area (Å²) in [5, 5.41) is 0. The van der Waals surface area contributed by atoms with Gasteiger partial charge in [0.25, 0.3) is 0 Å². The highest BCUT2D eigenvalue weighted by Crippen LogP contribution is 2.12. The van der Waals surface area contributed by atoms with Crippen molar-refractivity contribution in [1.82, 2.24) is 0 Å². The average molecular weight is 218 g/mol. The van der Waals surface area contributed by atoms with E-state index >= 15 is 0 Å². The predicted octanol–water partition coefficient (Wildman–Crippen LogP) is 1.02. The molecule has 0 aliphatic rings. The number of carbonyl (C=O) groups excluding carboxylic acids is 2. The molecule has 5 heteroatoms. The number of rotatable bonds is 4. The van der Waals surface area contributed by atoms with E-state index in [4.69, 9.17) is 10.3 Å².